The third kappa shape index (κ3) is 4.14. The van der Waals surface area contributed by atoms with Crippen LogP contribution in [0.15, 0.2) is 12.3 Å². The normalized spacial score (nSPS) is 13.2. The molecule has 0 saturated carbocycles. The standard InChI is InChI=1S/C13H25N5/c1-5-17(8-11(4)13(14)15)9-12-6-7-18(16-12)10(2)3/h6-7,10-11H,5,8-9H2,1-4H3,(H3,14,15). The number of nitrogens with zero attached hydrogens (tertiary/aromatic N) is 3. The van der Waals surface area contributed by atoms with E-state index in [0.29, 0.717) is 6.04 Å². The Kier molecular flexibility index (Phi) is 5.34. The summed E-state index contributed by atoms with van der Waals surface area (Å²) in [5, 5.41) is 12.0. The summed E-state index contributed by atoms with van der Waals surface area (Å²) in [7, 11) is 0. The molecule has 102 valence electrons. The van der Waals surface area contributed by atoms with Crippen LogP contribution in [0.5, 0.6) is 0 Å². The largest absolute Gasteiger partial charge is 0.387 e. The number of amidine groups is 1. The fraction of sp³-hybridized carbons (Fsp3) is 0.692. The Labute approximate surface area is 109 Å². The molecule has 5 nitrogen and oxygen atoms in total. The molecule has 1 aromatic rings. The van der Waals surface area contributed by atoms with Crippen molar-refractivity contribution in [1.29, 1.82) is 5.41 Å². The Balaban J connectivity index is 2.59. The van der Waals surface area contributed by atoms with Crippen LogP contribution in [-0.2, 0) is 6.54 Å². The molecule has 18 heavy (non-hydrogen) atoms. The fourth-order valence-corrected chi connectivity index (χ4v) is 1.77. The summed E-state index contributed by atoms with van der Waals surface area (Å²) < 4.78 is 1.97. The van der Waals surface area contributed by atoms with Gasteiger partial charge in [-0.3, -0.25) is 15.0 Å². The molecule has 0 aliphatic carbocycles. The van der Waals surface area contributed by atoms with Crippen molar-refractivity contribution in [3.63, 3.8) is 0 Å². The second-order valence-corrected chi connectivity index (χ2v) is 5.06. The second kappa shape index (κ2) is 6.54. The zero-order valence-electron chi connectivity index (χ0n) is 11.8. The molecule has 0 aliphatic heterocycles. The van der Waals surface area contributed by atoms with Crippen LogP contribution in [0.4, 0.5) is 0 Å². The summed E-state index contributed by atoms with van der Waals surface area (Å²) in [6.07, 6.45) is 2.02. The van der Waals surface area contributed by atoms with E-state index in [1.807, 2.05) is 17.8 Å². The van der Waals surface area contributed by atoms with Crippen molar-refractivity contribution < 1.29 is 0 Å². The summed E-state index contributed by atoms with van der Waals surface area (Å²) in [5.74, 6) is 0.346. The Morgan fingerprint density at radius 2 is 2.17 bits per heavy atom. The first-order valence-corrected chi connectivity index (χ1v) is 6.54. The lowest BCUT2D eigenvalue weighted by Gasteiger charge is -2.22. The second-order valence-electron chi connectivity index (χ2n) is 5.06. The Morgan fingerprint density at radius 3 is 2.61 bits per heavy atom. The Morgan fingerprint density at radius 1 is 1.50 bits per heavy atom. The van der Waals surface area contributed by atoms with Gasteiger partial charge in [0, 0.05) is 31.2 Å². The smallest absolute Gasteiger partial charge is 0.0947 e. The van der Waals surface area contributed by atoms with Crippen molar-refractivity contribution in [2.24, 2.45) is 11.7 Å². The number of aromatic nitrogens is 2. The predicted molar refractivity (Wildman–Crippen MR) is 74.6 cm³/mol. The third-order valence-corrected chi connectivity index (χ3v) is 3.09. The number of nitrogens with two attached hydrogens (primary N) is 1. The number of rotatable bonds is 7. The highest BCUT2D eigenvalue weighted by atomic mass is 15.3. The van der Waals surface area contributed by atoms with E-state index >= 15 is 0 Å². The number of hydrogen-bond acceptors (Lipinski definition) is 3. The van der Waals surface area contributed by atoms with E-state index in [2.05, 4.69) is 36.8 Å². The molecular formula is C13H25N5. The van der Waals surface area contributed by atoms with Crippen LogP contribution in [-0.4, -0.2) is 33.6 Å². The summed E-state index contributed by atoms with van der Waals surface area (Å²) in [5.41, 5.74) is 6.58. The van der Waals surface area contributed by atoms with Crippen LogP contribution in [0, 0.1) is 11.3 Å². The molecule has 0 radical (unpaired) electrons. The minimum atomic E-state index is 0.0946. The summed E-state index contributed by atoms with van der Waals surface area (Å²) in [6, 6.07) is 2.45. The van der Waals surface area contributed by atoms with Crippen molar-refractivity contribution in [3.8, 4) is 0 Å². The highest BCUT2D eigenvalue weighted by Gasteiger charge is 2.13. The van der Waals surface area contributed by atoms with Crippen molar-refractivity contribution in [3.05, 3.63) is 18.0 Å². The van der Waals surface area contributed by atoms with Gasteiger partial charge in [-0.05, 0) is 26.5 Å². The van der Waals surface area contributed by atoms with E-state index in [0.717, 1.165) is 25.3 Å². The Hall–Kier alpha value is -1.36. The van der Waals surface area contributed by atoms with Gasteiger partial charge in [0.2, 0.25) is 0 Å². The first kappa shape index (κ1) is 14.7. The van der Waals surface area contributed by atoms with Crippen LogP contribution >= 0.6 is 0 Å². The van der Waals surface area contributed by atoms with Gasteiger partial charge in [-0.1, -0.05) is 13.8 Å². The molecule has 5 heteroatoms. The summed E-state index contributed by atoms with van der Waals surface area (Å²) in [6.45, 7) is 10.9. The average molecular weight is 251 g/mol. The molecule has 0 spiro atoms. The molecule has 0 saturated heterocycles. The van der Waals surface area contributed by atoms with Gasteiger partial charge in [-0.2, -0.15) is 5.10 Å². The van der Waals surface area contributed by atoms with Crippen molar-refractivity contribution in [2.75, 3.05) is 13.1 Å². The van der Waals surface area contributed by atoms with Crippen LogP contribution in [0.25, 0.3) is 0 Å². The third-order valence-electron chi connectivity index (χ3n) is 3.09. The van der Waals surface area contributed by atoms with E-state index in [1.165, 1.54) is 0 Å². The molecule has 1 heterocycles. The van der Waals surface area contributed by atoms with Gasteiger partial charge >= 0.3 is 0 Å². The lowest BCUT2D eigenvalue weighted by molar-refractivity contribution is 0.259. The molecule has 1 unspecified atom stereocenters. The van der Waals surface area contributed by atoms with E-state index in [1.54, 1.807) is 0 Å². The van der Waals surface area contributed by atoms with Crippen LogP contribution < -0.4 is 5.73 Å². The maximum atomic E-state index is 7.44. The van der Waals surface area contributed by atoms with E-state index < -0.39 is 0 Å². The quantitative estimate of drug-likeness (QED) is 0.574. The number of hydrogen-bond donors (Lipinski definition) is 2. The fourth-order valence-electron chi connectivity index (χ4n) is 1.77. The van der Waals surface area contributed by atoms with Crippen LogP contribution in [0.2, 0.25) is 0 Å². The molecule has 1 rings (SSSR count). The van der Waals surface area contributed by atoms with E-state index in [9.17, 15) is 0 Å². The summed E-state index contributed by atoms with van der Waals surface area (Å²) in [4.78, 5) is 2.26. The van der Waals surface area contributed by atoms with Gasteiger partial charge < -0.3 is 5.73 Å². The predicted octanol–water partition coefficient (Wildman–Crippen LogP) is 1.86. The molecule has 0 bridgehead atoms. The molecule has 0 fully saturated rings. The molecule has 1 atom stereocenters. The molecule has 0 aromatic carbocycles. The number of nitrogens with one attached hydrogen (secondary N) is 1. The van der Waals surface area contributed by atoms with E-state index in [-0.39, 0.29) is 11.8 Å². The lowest BCUT2D eigenvalue weighted by Crippen LogP contribution is -2.34. The molecule has 0 aliphatic rings. The maximum Gasteiger partial charge on any atom is 0.0947 e. The molecule has 3 N–H and O–H groups in total. The monoisotopic (exact) mass is 251 g/mol. The zero-order valence-corrected chi connectivity index (χ0v) is 11.8. The van der Waals surface area contributed by atoms with Gasteiger partial charge in [0.25, 0.3) is 0 Å². The molecule has 1 aromatic heterocycles. The van der Waals surface area contributed by atoms with Gasteiger partial charge in [-0.15, -0.1) is 0 Å². The lowest BCUT2D eigenvalue weighted by atomic mass is 10.1. The zero-order chi connectivity index (χ0) is 13.7. The molecular weight excluding hydrogens is 226 g/mol. The van der Waals surface area contributed by atoms with Crippen molar-refractivity contribution >= 4 is 5.84 Å². The highest BCUT2D eigenvalue weighted by molar-refractivity contribution is 5.79. The van der Waals surface area contributed by atoms with Gasteiger partial charge in [0.1, 0.15) is 0 Å². The molecule has 0 amide bonds. The van der Waals surface area contributed by atoms with Gasteiger partial charge in [0.05, 0.1) is 11.5 Å². The SMILES string of the molecule is CCN(Cc1ccn(C(C)C)n1)CC(C)C(=N)N. The van der Waals surface area contributed by atoms with Gasteiger partial charge in [-0.25, -0.2) is 0 Å². The van der Waals surface area contributed by atoms with Crippen LogP contribution in [0.3, 0.4) is 0 Å². The average Bonchev–Trinajstić information content (AvgIpc) is 2.76. The van der Waals surface area contributed by atoms with Crippen molar-refractivity contribution in [1.82, 2.24) is 14.7 Å². The maximum absolute atomic E-state index is 7.44. The van der Waals surface area contributed by atoms with Crippen LogP contribution in [0.1, 0.15) is 39.4 Å². The Bertz CT molecular complexity index is 382. The first-order chi connectivity index (χ1) is 8.43. The van der Waals surface area contributed by atoms with E-state index in [4.69, 9.17) is 11.1 Å². The first-order valence-electron chi connectivity index (χ1n) is 6.54. The minimum absolute atomic E-state index is 0.0946. The highest BCUT2D eigenvalue weighted by Crippen LogP contribution is 2.08. The van der Waals surface area contributed by atoms with Crippen molar-refractivity contribution in [2.45, 2.75) is 40.3 Å². The minimum Gasteiger partial charge on any atom is -0.387 e. The topological polar surface area (TPSA) is 70.9 Å². The summed E-state index contributed by atoms with van der Waals surface area (Å²) >= 11 is 0. The van der Waals surface area contributed by atoms with Gasteiger partial charge in [0.15, 0.2) is 0 Å².